The molecule has 0 unspecified atom stereocenters. The van der Waals surface area contributed by atoms with Crippen LogP contribution >= 0.6 is 11.6 Å². The van der Waals surface area contributed by atoms with Gasteiger partial charge in [-0.1, -0.05) is 84.4 Å². The van der Waals surface area contributed by atoms with Gasteiger partial charge < -0.3 is 4.74 Å². The lowest BCUT2D eigenvalue weighted by Crippen LogP contribution is -2.12. The number of benzene rings is 3. The third kappa shape index (κ3) is 4.15. The Morgan fingerprint density at radius 1 is 0.704 bits per heavy atom. The molecule has 0 heterocycles. The Hall–Kier alpha value is -3.17. The van der Waals surface area contributed by atoms with E-state index in [0.717, 1.165) is 0 Å². The van der Waals surface area contributed by atoms with Crippen LogP contribution in [0.15, 0.2) is 84.9 Å². The first kappa shape index (κ1) is 18.6. The predicted molar refractivity (Wildman–Crippen MR) is 107 cm³/mol. The quantitative estimate of drug-likeness (QED) is 0.262. The summed E-state index contributed by atoms with van der Waals surface area (Å²) >= 11 is 6.07. The minimum atomic E-state index is -0.574. The molecule has 134 valence electrons. The summed E-state index contributed by atoms with van der Waals surface area (Å²) in [6, 6.07) is 24.8. The minimum absolute atomic E-state index is 0.217. The van der Waals surface area contributed by atoms with Gasteiger partial charge >= 0.3 is 5.97 Å². The van der Waals surface area contributed by atoms with Crippen LogP contribution < -0.4 is 0 Å². The van der Waals surface area contributed by atoms with Crippen molar-refractivity contribution in [1.82, 2.24) is 0 Å². The van der Waals surface area contributed by atoms with E-state index >= 15 is 0 Å². The van der Waals surface area contributed by atoms with Gasteiger partial charge in [-0.2, -0.15) is 0 Å². The van der Waals surface area contributed by atoms with Crippen LogP contribution in [0.1, 0.15) is 21.5 Å². The van der Waals surface area contributed by atoms with Crippen LogP contribution in [0.3, 0.4) is 0 Å². The zero-order valence-corrected chi connectivity index (χ0v) is 15.4. The van der Waals surface area contributed by atoms with Gasteiger partial charge in [0.05, 0.1) is 12.7 Å². The molecular formula is C23H17ClO3. The number of methoxy groups -OCH3 is 1. The maximum absolute atomic E-state index is 13.4. The van der Waals surface area contributed by atoms with E-state index in [9.17, 15) is 9.59 Å². The number of halogens is 1. The number of carbonyl (C=O) groups is 2. The SMILES string of the molecule is COC(=O)/C(=C(\C(=O)c1cccc(Cl)c1)c1ccccc1)c1ccccc1. The predicted octanol–water partition coefficient (Wildman–Crippen LogP) is 5.31. The molecule has 4 heteroatoms. The Morgan fingerprint density at radius 3 is 1.74 bits per heavy atom. The van der Waals surface area contributed by atoms with Gasteiger partial charge in [0.15, 0.2) is 5.78 Å². The molecule has 3 rings (SSSR count). The zero-order chi connectivity index (χ0) is 19.2. The van der Waals surface area contributed by atoms with Gasteiger partial charge in [0.2, 0.25) is 0 Å². The second kappa shape index (κ2) is 8.47. The maximum Gasteiger partial charge on any atom is 0.339 e. The number of allylic oxidation sites excluding steroid dienone is 1. The van der Waals surface area contributed by atoms with Crippen LogP contribution in [-0.4, -0.2) is 18.9 Å². The van der Waals surface area contributed by atoms with Gasteiger partial charge in [-0.25, -0.2) is 4.79 Å². The van der Waals surface area contributed by atoms with E-state index in [-0.39, 0.29) is 16.9 Å². The Labute approximate surface area is 162 Å². The molecule has 0 N–H and O–H groups in total. The van der Waals surface area contributed by atoms with Crippen LogP contribution in [-0.2, 0) is 9.53 Å². The van der Waals surface area contributed by atoms with E-state index in [2.05, 4.69) is 0 Å². The molecule has 0 aliphatic rings. The van der Waals surface area contributed by atoms with Crippen molar-refractivity contribution in [3.05, 3.63) is 107 Å². The molecule has 3 aromatic carbocycles. The number of rotatable bonds is 5. The van der Waals surface area contributed by atoms with Crippen molar-refractivity contribution >= 4 is 34.5 Å². The maximum atomic E-state index is 13.4. The van der Waals surface area contributed by atoms with Gasteiger partial charge in [-0.05, 0) is 23.3 Å². The molecule has 0 radical (unpaired) electrons. The lowest BCUT2D eigenvalue weighted by molar-refractivity contribution is -0.133. The van der Waals surface area contributed by atoms with E-state index in [4.69, 9.17) is 16.3 Å². The first-order chi connectivity index (χ1) is 13.1. The second-order valence-electron chi connectivity index (χ2n) is 5.81. The van der Waals surface area contributed by atoms with Gasteiger partial charge in [0, 0.05) is 16.2 Å². The van der Waals surface area contributed by atoms with Crippen molar-refractivity contribution in [3.8, 4) is 0 Å². The largest absolute Gasteiger partial charge is 0.465 e. The fraction of sp³-hybridized carbons (Fsp3) is 0.0435. The number of esters is 1. The molecule has 0 fully saturated rings. The third-order valence-corrected chi connectivity index (χ3v) is 4.31. The van der Waals surface area contributed by atoms with E-state index in [0.29, 0.717) is 21.7 Å². The fourth-order valence-corrected chi connectivity index (χ4v) is 3.03. The topological polar surface area (TPSA) is 43.4 Å². The molecule has 3 nitrogen and oxygen atoms in total. The number of carbonyl (C=O) groups excluding carboxylic acids is 2. The molecule has 0 saturated heterocycles. The van der Waals surface area contributed by atoms with Crippen molar-refractivity contribution in [3.63, 3.8) is 0 Å². The van der Waals surface area contributed by atoms with Crippen LogP contribution in [0, 0.1) is 0 Å². The summed E-state index contributed by atoms with van der Waals surface area (Å²) in [5.74, 6) is -0.872. The van der Waals surface area contributed by atoms with Gasteiger partial charge in [0.25, 0.3) is 0 Å². The Kier molecular flexibility index (Phi) is 5.84. The van der Waals surface area contributed by atoms with Gasteiger partial charge in [0.1, 0.15) is 0 Å². The molecule has 0 spiro atoms. The molecule has 0 bridgehead atoms. The van der Waals surface area contributed by atoms with E-state index in [1.165, 1.54) is 7.11 Å². The second-order valence-corrected chi connectivity index (χ2v) is 6.25. The first-order valence-electron chi connectivity index (χ1n) is 8.35. The number of hydrogen-bond acceptors (Lipinski definition) is 3. The summed E-state index contributed by atoms with van der Waals surface area (Å²) in [7, 11) is 1.30. The van der Waals surface area contributed by atoms with Crippen LogP contribution in [0.4, 0.5) is 0 Å². The molecule has 0 aliphatic carbocycles. The minimum Gasteiger partial charge on any atom is -0.465 e. The van der Waals surface area contributed by atoms with Crippen LogP contribution in [0.2, 0.25) is 5.02 Å². The Bertz CT molecular complexity index is 992. The Morgan fingerprint density at radius 2 is 1.22 bits per heavy atom. The number of hydrogen-bond donors (Lipinski definition) is 0. The summed E-state index contributed by atoms with van der Waals surface area (Å²) in [4.78, 5) is 26.1. The van der Waals surface area contributed by atoms with Crippen molar-refractivity contribution in [1.29, 1.82) is 0 Å². The molecule has 0 amide bonds. The highest BCUT2D eigenvalue weighted by Crippen LogP contribution is 2.31. The van der Waals surface area contributed by atoms with E-state index in [1.807, 2.05) is 36.4 Å². The standard InChI is InChI=1S/C23H17ClO3/c1-27-23(26)21(17-11-6-3-7-12-17)20(16-9-4-2-5-10-16)22(25)18-13-8-14-19(24)15-18/h2-15H,1H3/b21-20-. The van der Waals surface area contributed by atoms with Gasteiger partial charge in [-0.15, -0.1) is 0 Å². The average Bonchev–Trinajstić information content (AvgIpc) is 2.72. The monoisotopic (exact) mass is 376 g/mol. The fourth-order valence-electron chi connectivity index (χ4n) is 2.84. The molecule has 0 saturated carbocycles. The highest BCUT2D eigenvalue weighted by molar-refractivity contribution is 6.43. The third-order valence-electron chi connectivity index (χ3n) is 4.08. The highest BCUT2D eigenvalue weighted by Gasteiger charge is 2.25. The average molecular weight is 377 g/mol. The van der Waals surface area contributed by atoms with Crippen molar-refractivity contribution in [2.24, 2.45) is 0 Å². The summed E-state index contributed by atoms with van der Waals surface area (Å²) in [6.07, 6.45) is 0. The highest BCUT2D eigenvalue weighted by atomic mass is 35.5. The van der Waals surface area contributed by atoms with Gasteiger partial charge in [-0.3, -0.25) is 4.79 Å². The molecule has 27 heavy (non-hydrogen) atoms. The summed E-state index contributed by atoms with van der Waals surface area (Å²) < 4.78 is 5.00. The van der Waals surface area contributed by atoms with E-state index in [1.54, 1.807) is 48.5 Å². The Balaban J connectivity index is 2.32. The summed E-state index contributed by atoms with van der Waals surface area (Å²) in [5, 5.41) is 0.451. The zero-order valence-electron chi connectivity index (χ0n) is 14.7. The molecule has 0 atom stereocenters. The number of Topliss-reactive ketones (excluding diaryl/α,β-unsaturated/α-hetero) is 1. The van der Waals surface area contributed by atoms with Crippen LogP contribution in [0.25, 0.3) is 11.1 Å². The molecule has 0 aromatic heterocycles. The van der Waals surface area contributed by atoms with E-state index < -0.39 is 5.97 Å². The number of ether oxygens (including phenoxy) is 1. The first-order valence-corrected chi connectivity index (χ1v) is 8.73. The number of ketones is 1. The summed E-state index contributed by atoms with van der Waals surface area (Å²) in [6.45, 7) is 0. The molecule has 0 aliphatic heterocycles. The normalized spacial score (nSPS) is 11.5. The lowest BCUT2D eigenvalue weighted by atomic mass is 9.89. The molecular weight excluding hydrogens is 360 g/mol. The van der Waals surface area contributed by atoms with Crippen LogP contribution in [0.5, 0.6) is 0 Å². The lowest BCUT2D eigenvalue weighted by Gasteiger charge is -2.14. The van der Waals surface area contributed by atoms with Crippen molar-refractivity contribution in [2.75, 3.05) is 7.11 Å². The molecule has 3 aromatic rings. The van der Waals surface area contributed by atoms with Crippen molar-refractivity contribution < 1.29 is 14.3 Å². The smallest absolute Gasteiger partial charge is 0.339 e. The van der Waals surface area contributed by atoms with Crippen molar-refractivity contribution in [2.45, 2.75) is 0 Å². The summed E-state index contributed by atoms with van der Waals surface area (Å²) in [5.41, 5.74) is 2.13.